The van der Waals surface area contributed by atoms with E-state index in [0.29, 0.717) is 4.32 Å². The van der Waals surface area contributed by atoms with Gasteiger partial charge in [0.2, 0.25) is 0 Å². The van der Waals surface area contributed by atoms with Crippen LogP contribution in [-0.4, -0.2) is 15.4 Å². The fourth-order valence-electron chi connectivity index (χ4n) is 2.00. The van der Waals surface area contributed by atoms with E-state index in [0.717, 1.165) is 12.8 Å². The van der Waals surface area contributed by atoms with Gasteiger partial charge in [0.15, 0.2) is 0 Å². The molecular weight excluding hydrogens is 296 g/mol. The molecular formula is C17H38N2S2. The van der Waals surface area contributed by atoms with E-state index in [1.165, 1.54) is 38.5 Å². The van der Waals surface area contributed by atoms with Gasteiger partial charge in [-0.15, -0.1) is 12.6 Å². The molecule has 21 heavy (non-hydrogen) atoms. The second-order valence-electron chi connectivity index (χ2n) is 7.22. The second-order valence-corrected chi connectivity index (χ2v) is 8.37. The van der Waals surface area contributed by atoms with Crippen molar-refractivity contribution >= 4 is 29.2 Å². The van der Waals surface area contributed by atoms with E-state index >= 15 is 0 Å². The highest BCUT2D eigenvalue weighted by atomic mass is 32.1. The molecule has 4 heteroatoms. The van der Waals surface area contributed by atoms with E-state index in [1.54, 1.807) is 0 Å². The monoisotopic (exact) mass is 334 g/mol. The minimum atomic E-state index is 0.0508. The number of hydrogen-bond acceptors (Lipinski definition) is 2. The summed E-state index contributed by atoms with van der Waals surface area (Å²) < 4.78 is 0.594. The molecule has 0 aromatic carbocycles. The molecule has 0 spiro atoms. The molecule has 0 radical (unpaired) electrons. The summed E-state index contributed by atoms with van der Waals surface area (Å²) in [5, 5.41) is 3.17. The van der Waals surface area contributed by atoms with Gasteiger partial charge >= 0.3 is 0 Å². The first-order valence-electron chi connectivity index (χ1n) is 8.34. The van der Waals surface area contributed by atoms with Gasteiger partial charge in [0.25, 0.3) is 0 Å². The Hall–Kier alpha value is 0.200. The highest BCUT2D eigenvalue weighted by molar-refractivity contribution is 8.11. The molecule has 0 atom stereocenters. The van der Waals surface area contributed by atoms with Crippen LogP contribution in [-0.2, 0) is 0 Å². The molecule has 0 saturated carbocycles. The quantitative estimate of drug-likeness (QED) is 0.298. The molecule has 0 aromatic rings. The molecule has 0 amide bonds. The Kier molecular flexibility index (Phi) is 14.2. The van der Waals surface area contributed by atoms with Crippen molar-refractivity contribution in [3.8, 4) is 0 Å². The van der Waals surface area contributed by atoms with E-state index in [2.05, 4.69) is 59.5 Å². The van der Waals surface area contributed by atoms with E-state index < -0.39 is 0 Å². The number of thiocarbonyl (C=S) groups is 1. The molecule has 0 aliphatic carbocycles. The topological polar surface area (TPSA) is 38.0 Å². The molecule has 3 N–H and O–H groups in total. The number of unbranched alkanes of at least 4 members (excludes halogenated alkanes) is 4. The van der Waals surface area contributed by atoms with Gasteiger partial charge in [-0.2, -0.15) is 0 Å². The molecule has 0 heterocycles. The highest BCUT2D eigenvalue weighted by Crippen LogP contribution is 2.14. The summed E-state index contributed by atoms with van der Waals surface area (Å²) in [6.07, 6.45) is 10.0. The highest BCUT2D eigenvalue weighted by Gasteiger charge is 2.16. The van der Waals surface area contributed by atoms with Crippen LogP contribution in [0.25, 0.3) is 0 Å². The molecule has 0 rings (SSSR count). The molecule has 0 fully saturated rings. The zero-order chi connectivity index (χ0) is 16.9. The standard InChI is InChI=1S/C9H19NS2.C8H19N/c1-4-5-6-7-9(2,3)10-8(11)12;1-4-5-6-7-8(2,3)9/h4-7H2,1-3H3,(H2,10,11,12);4-7,9H2,1-3H3. The first-order valence-corrected chi connectivity index (χ1v) is 9.19. The lowest BCUT2D eigenvalue weighted by molar-refractivity contribution is 0.409. The van der Waals surface area contributed by atoms with E-state index in [-0.39, 0.29) is 11.1 Å². The van der Waals surface area contributed by atoms with Crippen LogP contribution < -0.4 is 11.1 Å². The largest absolute Gasteiger partial charge is 0.366 e. The number of nitrogens with one attached hydrogen (secondary N) is 1. The average molecular weight is 335 g/mol. The summed E-state index contributed by atoms with van der Waals surface area (Å²) in [6, 6.07) is 0. The molecule has 2 nitrogen and oxygen atoms in total. The average Bonchev–Trinajstić information content (AvgIpc) is 2.27. The SMILES string of the molecule is CCCCCC(C)(C)N.CCCCCC(C)(C)NC(=S)S. The Morgan fingerprint density at radius 2 is 1.38 bits per heavy atom. The lowest BCUT2D eigenvalue weighted by Crippen LogP contribution is -2.40. The summed E-state index contributed by atoms with van der Waals surface area (Å²) in [5.41, 5.74) is 5.93. The summed E-state index contributed by atoms with van der Waals surface area (Å²) in [5.74, 6) is 0. The predicted octanol–water partition coefficient (Wildman–Crippen LogP) is 5.45. The van der Waals surface area contributed by atoms with Crippen molar-refractivity contribution in [3.05, 3.63) is 0 Å². The molecule has 128 valence electrons. The normalized spacial score (nSPS) is 11.6. The summed E-state index contributed by atoms with van der Waals surface area (Å²) >= 11 is 8.93. The minimum Gasteiger partial charge on any atom is -0.366 e. The fraction of sp³-hybridized carbons (Fsp3) is 0.941. The molecule has 0 aliphatic rings. The Bertz CT molecular complexity index is 258. The smallest absolute Gasteiger partial charge is 0.131 e. The van der Waals surface area contributed by atoms with Gasteiger partial charge in [0.05, 0.1) is 0 Å². The van der Waals surface area contributed by atoms with Gasteiger partial charge in [-0.3, -0.25) is 0 Å². The van der Waals surface area contributed by atoms with E-state index in [1.807, 2.05) is 0 Å². The van der Waals surface area contributed by atoms with Crippen molar-refractivity contribution in [2.24, 2.45) is 5.73 Å². The molecule has 0 bridgehead atoms. The van der Waals surface area contributed by atoms with Crippen LogP contribution in [0.4, 0.5) is 0 Å². The van der Waals surface area contributed by atoms with Crippen LogP contribution in [0, 0.1) is 0 Å². The van der Waals surface area contributed by atoms with Gasteiger partial charge in [-0.1, -0.05) is 64.6 Å². The lowest BCUT2D eigenvalue weighted by atomic mass is 9.97. The number of thiol groups is 1. The maximum absolute atomic E-state index is 5.78. The van der Waals surface area contributed by atoms with Crippen LogP contribution in [0.1, 0.15) is 92.9 Å². The number of hydrogen-bond donors (Lipinski definition) is 3. The maximum Gasteiger partial charge on any atom is 0.131 e. The van der Waals surface area contributed by atoms with Crippen LogP contribution in [0.5, 0.6) is 0 Å². The Labute approximate surface area is 144 Å². The zero-order valence-electron chi connectivity index (χ0n) is 15.1. The van der Waals surface area contributed by atoms with Crippen LogP contribution in [0.3, 0.4) is 0 Å². The van der Waals surface area contributed by atoms with Gasteiger partial charge in [-0.25, -0.2) is 0 Å². The van der Waals surface area contributed by atoms with Crippen LogP contribution >= 0.6 is 24.8 Å². The summed E-state index contributed by atoms with van der Waals surface area (Å²) in [6.45, 7) is 12.9. The minimum absolute atomic E-state index is 0.0508. The fourth-order valence-corrected chi connectivity index (χ4v) is 2.58. The van der Waals surface area contributed by atoms with Crippen molar-refractivity contribution in [3.63, 3.8) is 0 Å². The zero-order valence-corrected chi connectivity index (χ0v) is 16.8. The van der Waals surface area contributed by atoms with Crippen LogP contribution in [0.2, 0.25) is 0 Å². The Balaban J connectivity index is 0. The molecule has 0 unspecified atom stereocenters. The van der Waals surface area contributed by atoms with Gasteiger partial charge in [0.1, 0.15) is 4.32 Å². The third-order valence-corrected chi connectivity index (χ3v) is 3.49. The summed E-state index contributed by atoms with van der Waals surface area (Å²) in [7, 11) is 0. The van der Waals surface area contributed by atoms with E-state index in [4.69, 9.17) is 18.0 Å². The van der Waals surface area contributed by atoms with Crippen molar-refractivity contribution in [2.75, 3.05) is 0 Å². The number of nitrogens with two attached hydrogens (primary N) is 1. The number of rotatable bonds is 9. The van der Waals surface area contributed by atoms with Crippen molar-refractivity contribution in [1.82, 2.24) is 5.32 Å². The first-order chi connectivity index (χ1) is 9.54. The maximum atomic E-state index is 5.78. The Morgan fingerprint density at radius 1 is 0.952 bits per heavy atom. The second kappa shape index (κ2) is 12.7. The molecule has 0 saturated heterocycles. The molecule has 0 aromatic heterocycles. The summed E-state index contributed by atoms with van der Waals surface area (Å²) in [4.78, 5) is 0. The van der Waals surface area contributed by atoms with Crippen LogP contribution in [0.15, 0.2) is 0 Å². The van der Waals surface area contributed by atoms with Gasteiger partial charge in [-0.05, 0) is 40.5 Å². The predicted molar refractivity (Wildman–Crippen MR) is 105 cm³/mol. The van der Waals surface area contributed by atoms with Gasteiger partial charge in [0, 0.05) is 11.1 Å². The first kappa shape index (κ1) is 23.5. The Morgan fingerprint density at radius 3 is 1.71 bits per heavy atom. The van der Waals surface area contributed by atoms with Gasteiger partial charge < -0.3 is 11.1 Å². The van der Waals surface area contributed by atoms with Crippen molar-refractivity contribution in [1.29, 1.82) is 0 Å². The third kappa shape index (κ3) is 22.6. The molecule has 0 aliphatic heterocycles. The van der Waals surface area contributed by atoms with Crippen molar-refractivity contribution < 1.29 is 0 Å². The van der Waals surface area contributed by atoms with E-state index in [9.17, 15) is 0 Å². The third-order valence-electron chi connectivity index (χ3n) is 3.28. The van der Waals surface area contributed by atoms with Crippen molar-refractivity contribution in [2.45, 2.75) is 104 Å². The lowest BCUT2D eigenvalue weighted by Gasteiger charge is -2.26.